The first kappa shape index (κ1) is 13.5. The molecule has 1 saturated heterocycles. The molecule has 3 atom stereocenters. The van der Waals surface area contributed by atoms with Crippen LogP contribution in [0.3, 0.4) is 0 Å². The van der Waals surface area contributed by atoms with Gasteiger partial charge in [-0.2, -0.15) is 0 Å². The van der Waals surface area contributed by atoms with E-state index < -0.39 is 6.10 Å². The first-order chi connectivity index (χ1) is 8.70. The lowest BCUT2D eigenvalue weighted by molar-refractivity contribution is 0.0995. The molecule has 1 unspecified atom stereocenters. The predicted molar refractivity (Wildman–Crippen MR) is 70.8 cm³/mol. The molecule has 0 amide bonds. The van der Waals surface area contributed by atoms with Crippen LogP contribution in [0.1, 0.15) is 50.7 Å². The third kappa shape index (κ3) is 3.30. The summed E-state index contributed by atoms with van der Waals surface area (Å²) in [7, 11) is 0. The van der Waals surface area contributed by atoms with Crippen LogP contribution in [0.15, 0.2) is 24.3 Å². The number of aliphatic hydroxyl groups excluding tert-OH is 1. The Hall–Kier alpha value is -0.930. The number of piperidine rings is 1. The largest absolute Gasteiger partial charge is 0.387 e. The van der Waals surface area contributed by atoms with Gasteiger partial charge in [0.2, 0.25) is 0 Å². The Bertz CT molecular complexity index is 381. The molecule has 2 N–H and O–H groups in total. The first-order valence-corrected chi connectivity index (χ1v) is 6.90. The minimum absolute atomic E-state index is 0.0529. The van der Waals surface area contributed by atoms with Crippen molar-refractivity contribution in [1.82, 2.24) is 5.32 Å². The zero-order valence-electron chi connectivity index (χ0n) is 10.9. The number of rotatable bonds is 4. The Morgan fingerprint density at radius 3 is 3.00 bits per heavy atom. The second-order valence-electron chi connectivity index (χ2n) is 5.19. The van der Waals surface area contributed by atoms with Crippen molar-refractivity contribution < 1.29 is 9.50 Å². The van der Waals surface area contributed by atoms with Crippen LogP contribution in [-0.2, 0) is 0 Å². The Labute approximate surface area is 108 Å². The fraction of sp³-hybridized carbons (Fsp3) is 0.600. The van der Waals surface area contributed by atoms with Crippen molar-refractivity contribution in [2.45, 2.75) is 57.2 Å². The van der Waals surface area contributed by atoms with Gasteiger partial charge in [-0.05, 0) is 37.0 Å². The molecule has 1 aromatic rings. The van der Waals surface area contributed by atoms with E-state index >= 15 is 0 Å². The van der Waals surface area contributed by atoms with Gasteiger partial charge in [0.05, 0.1) is 6.10 Å². The van der Waals surface area contributed by atoms with Crippen molar-refractivity contribution in [2.75, 3.05) is 0 Å². The highest BCUT2D eigenvalue weighted by Crippen LogP contribution is 2.26. The maximum atomic E-state index is 13.2. The molecule has 0 spiro atoms. The summed E-state index contributed by atoms with van der Waals surface area (Å²) in [6.07, 6.45) is 4.96. The van der Waals surface area contributed by atoms with E-state index in [4.69, 9.17) is 0 Å². The monoisotopic (exact) mass is 251 g/mol. The third-order valence-corrected chi connectivity index (χ3v) is 3.73. The molecule has 1 aliphatic heterocycles. The van der Waals surface area contributed by atoms with Crippen LogP contribution < -0.4 is 5.32 Å². The maximum absolute atomic E-state index is 13.2. The van der Waals surface area contributed by atoms with Gasteiger partial charge in [-0.1, -0.05) is 31.9 Å². The summed E-state index contributed by atoms with van der Waals surface area (Å²) in [6, 6.07) is 6.83. The zero-order chi connectivity index (χ0) is 13.0. The Morgan fingerprint density at radius 1 is 1.44 bits per heavy atom. The summed E-state index contributed by atoms with van der Waals surface area (Å²) < 4.78 is 13.2. The van der Waals surface area contributed by atoms with Gasteiger partial charge in [0, 0.05) is 12.1 Å². The summed E-state index contributed by atoms with van der Waals surface area (Å²) in [5.41, 5.74) is 0.671. The normalized spacial score (nSPS) is 25.9. The molecule has 1 fully saturated rings. The lowest BCUT2D eigenvalue weighted by Crippen LogP contribution is -2.45. The second kappa shape index (κ2) is 6.30. The molecule has 1 aliphatic rings. The Balaban J connectivity index is 2.02. The smallest absolute Gasteiger partial charge is 0.123 e. The van der Waals surface area contributed by atoms with Crippen molar-refractivity contribution in [3.8, 4) is 0 Å². The standard InChI is InChI=1S/C15H22FNO/c1-2-5-13-8-4-9-14(17-13)15(18)11-6-3-7-12(16)10-11/h3,6-7,10,13-15,17-18H,2,4-5,8-9H2,1H3/t13-,14-,15?/m0/s1. The van der Waals surface area contributed by atoms with E-state index in [1.54, 1.807) is 12.1 Å². The van der Waals surface area contributed by atoms with Gasteiger partial charge in [0.1, 0.15) is 5.82 Å². The van der Waals surface area contributed by atoms with Gasteiger partial charge in [-0.15, -0.1) is 0 Å². The van der Waals surface area contributed by atoms with Crippen molar-refractivity contribution in [1.29, 1.82) is 0 Å². The Morgan fingerprint density at radius 2 is 2.28 bits per heavy atom. The molecule has 2 rings (SSSR count). The topological polar surface area (TPSA) is 32.3 Å². The molecule has 1 aromatic carbocycles. The quantitative estimate of drug-likeness (QED) is 0.861. The lowest BCUT2D eigenvalue weighted by Gasteiger charge is -2.34. The summed E-state index contributed by atoms with van der Waals surface area (Å²) in [5.74, 6) is -0.285. The number of hydrogen-bond acceptors (Lipinski definition) is 2. The zero-order valence-corrected chi connectivity index (χ0v) is 10.9. The van der Waals surface area contributed by atoms with E-state index in [-0.39, 0.29) is 11.9 Å². The summed E-state index contributed by atoms with van der Waals surface area (Å²) in [5, 5.41) is 13.8. The molecule has 18 heavy (non-hydrogen) atoms. The minimum atomic E-state index is -0.611. The molecule has 1 heterocycles. The number of benzene rings is 1. The van der Waals surface area contributed by atoms with Crippen LogP contribution in [0, 0.1) is 5.82 Å². The molecule has 2 nitrogen and oxygen atoms in total. The number of nitrogens with one attached hydrogen (secondary N) is 1. The van der Waals surface area contributed by atoms with E-state index in [0.29, 0.717) is 11.6 Å². The number of aliphatic hydroxyl groups is 1. The summed E-state index contributed by atoms with van der Waals surface area (Å²) in [4.78, 5) is 0. The molecular formula is C15H22FNO. The predicted octanol–water partition coefficient (Wildman–Crippen LogP) is 3.17. The minimum Gasteiger partial charge on any atom is -0.387 e. The molecule has 0 saturated carbocycles. The number of halogens is 1. The van der Waals surface area contributed by atoms with Crippen molar-refractivity contribution in [2.24, 2.45) is 0 Å². The van der Waals surface area contributed by atoms with E-state index in [2.05, 4.69) is 12.2 Å². The fourth-order valence-corrected chi connectivity index (χ4v) is 2.80. The van der Waals surface area contributed by atoms with Gasteiger partial charge < -0.3 is 10.4 Å². The SMILES string of the molecule is CCC[C@H]1CCC[C@@H](C(O)c2cccc(F)c2)N1. The molecule has 0 radical (unpaired) electrons. The summed E-state index contributed by atoms with van der Waals surface area (Å²) >= 11 is 0. The van der Waals surface area contributed by atoms with Crippen molar-refractivity contribution >= 4 is 0 Å². The van der Waals surface area contributed by atoms with Crippen molar-refractivity contribution in [3.63, 3.8) is 0 Å². The molecular weight excluding hydrogens is 229 g/mol. The van der Waals surface area contributed by atoms with Crippen LogP contribution in [0.4, 0.5) is 4.39 Å². The average Bonchev–Trinajstić information content (AvgIpc) is 2.39. The molecule has 100 valence electrons. The second-order valence-corrected chi connectivity index (χ2v) is 5.19. The third-order valence-electron chi connectivity index (χ3n) is 3.73. The van der Waals surface area contributed by atoms with Gasteiger partial charge in [0.15, 0.2) is 0 Å². The van der Waals surface area contributed by atoms with Gasteiger partial charge in [-0.25, -0.2) is 4.39 Å². The first-order valence-electron chi connectivity index (χ1n) is 6.90. The molecule has 0 aromatic heterocycles. The highest BCUT2D eigenvalue weighted by atomic mass is 19.1. The number of hydrogen-bond donors (Lipinski definition) is 2. The van der Waals surface area contributed by atoms with Crippen LogP contribution in [0.5, 0.6) is 0 Å². The molecule has 3 heteroatoms. The van der Waals surface area contributed by atoms with Crippen LogP contribution in [0.25, 0.3) is 0 Å². The van der Waals surface area contributed by atoms with Crippen LogP contribution in [-0.4, -0.2) is 17.2 Å². The van der Waals surface area contributed by atoms with E-state index in [0.717, 1.165) is 25.7 Å². The average molecular weight is 251 g/mol. The van der Waals surface area contributed by atoms with Crippen LogP contribution in [0.2, 0.25) is 0 Å². The van der Waals surface area contributed by atoms with Gasteiger partial charge in [-0.3, -0.25) is 0 Å². The fourth-order valence-electron chi connectivity index (χ4n) is 2.80. The summed E-state index contributed by atoms with van der Waals surface area (Å²) in [6.45, 7) is 2.17. The highest BCUT2D eigenvalue weighted by Gasteiger charge is 2.27. The van der Waals surface area contributed by atoms with Gasteiger partial charge >= 0.3 is 0 Å². The van der Waals surface area contributed by atoms with Crippen molar-refractivity contribution in [3.05, 3.63) is 35.6 Å². The maximum Gasteiger partial charge on any atom is 0.123 e. The molecule has 0 aliphatic carbocycles. The van der Waals surface area contributed by atoms with E-state index in [1.807, 2.05) is 0 Å². The van der Waals surface area contributed by atoms with E-state index in [1.165, 1.54) is 18.6 Å². The van der Waals surface area contributed by atoms with Gasteiger partial charge in [0.25, 0.3) is 0 Å². The highest BCUT2D eigenvalue weighted by molar-refractivity contribution is 5.20. The van der Waals surface area contributed by atoms with Crippen LogP contribution >= 0.6 is 0 Å². The lowest BCUT2D eigenvalue weighted by atomic mass is 9.90. The Kier molecular flexibility index (Phi) is 4.72. The van der Waals surface area contributed by atoms with E-state index in [9.17, 15) is 9.50 Å². The molecule has 0 bridgehead atoms.